The number of rotatable bonds is 3. The molecular weight excluding hydrogens is 282 g/mol. The number of nitrogens with zero attached hydrogens (tertiary/aromatic N) is 3. The van der Waals surface area contributed by atoms with Gasteiger partial charge in [0.15, 0.2) is 0 Å². The van der Waals surface area contributed by atoms with Crippen LogP contribution in [0.25, 0.3) is 0 Å². The molecule has 3 heterocycles. The topological polar surface area (TPSA) is 59.4 Å². The molecule has 116 valence electrons. The largest absolute Gasteiger partial charge is 0.369 e. The lowest BCUT2D eigenvalue weighted by molar-refractivity contribution is -0.0362. The fraction of sp³-hybridized carbons (Fsp3) is 0.692. The van der Waals surface area contributed by atoms with Crippen molar-refractivity contribution in [2.24, 2.45) is 0 Å². The minimum Gasteiger partial charge on any atom is -0.369 e. The third-order valence-electron chi connectivity index (χ3n) is 3.84. The third kappa shape index (κ3) is 2.77. The molecule has 1 aromatic rings. The molecule has 8 heteroatoms. The van der Waals surface area contributed by atoms with E-state index >= 15 is 0 Å². The summed E-state index contributed by atoms with van der Waals surface area (Å²) in [6.45, 7) is 1.44. The van der Waals surface area contributed by atoms with E-state index in [1.54, 1.807) is 11.7 Å². The van der Waals surface area contributed by atoms with Crippen LogP contribution in [0.5, 0.6) is 0 Å². The molecule has 0 unspecified atom stereocenters. The van der Waals surface area contributed by atoms with Gasteiger partial charge in [-0.25, -0.2) is 8.78 Å². The van der Waals surface area contributed by atoms with Crippen molar-refractivity contribution in [2.75, 3.05) is 26.7 Å². The number of nitrogens with one attached hydrogen (secondary N) is 1. The Balaban J connectivity index is 1.89. The zero-order valence-corrected chi connectivity index (χ0v) is 11.8. The molecule has 0 saturated heterocycles. The number of fused-ring (bicyclic) bond motifs is 3. The summed E-state index contributed by atoms with van der Waals surface area (Å²) in [5.74, 6) is -0.129. The Morgan fingerprint density at radius 3 is 3.05 bits per heavy atom. The minimum absolute atomic E-state index is 0.129. The van der Waals surface area contributed by atoms with E-state index in [9.17, 15) is 13.6 Å². The maximum atomic E-state index is 12.5. The second kappa shape index (κ2) is 5.69. The van der Waals surface area contributed by atoms with Gasteiger partial charge >= 0.3 is 0 Å². The van der Waals surface area contributed by atoms with Crippen LogP contribution in [0.15, 0.2) is 0 Å². The van der Waals surface area contributed by atoms with Gasteiger partial charge in [0.2, 0.25) is 0 Å². The van der Waals surface area contributed by atoms with Crippen molar-refractivity contribution in [1.82, 2.24) is 20.0 Å². The fourth-order valence-electron chi connectivity index (χ4n) is 2.86. The minimum atomic E-state index is -2.51. The predicted octanol–water partition coefficient (Wildman–Crippen LogP) is 0.265. The Bertz CT molecular complexity index is 547. The summed E-state index contributed by atoms with van der Waals surface area (Å²) in [6.07, 6.45) is -2.21. The van der Waals surface area contributed by atoms with Crippen molar-refractivity contribution in [2.45, 2.75) is 32.0 Å². The van der Waals surface area contributed by atoms with Gasteiger partial charge in [-0.2, -0.15) is 5.10 Å². The monoisotopic (exact) mass is 300 g/mol. The zero-order valence-electron chi connectivity index (χ0n) is 11.8. The van der Waals surface area contributed by atoms with Crippen LogP contribution >= 0.6 is 0 Å². The van der Waals surface area contributed by atoms with Gasteiger partial charge in [-0.3, -0.25) is 9.48 Å². The van der Waals surface area contributed by atoms with Gasteiger partial charge in [0, 0.05) is 38.7 Å². The van der Waals surface area contributed by atoms with Crippen molar-refractivity contribution in [3.8, 4) is 0 Å². The Kier molecular flexibility index (Phi) is 3.90. The van der Waals surface area contributed by atoms with E-state index in [0.717, 1.165) is 24.2 Å². The molecular formula is C13H18F2N4O2. The van der Waals surface area contributed by atoms with Crippen molar-refractivity contribution < 1.29 is 18.3 Å². The van der Waals surface area contributed by atoms with E-state index in [2.05, 4.69) is 10.4 Å². The van der Waals surface area contributed by atoms with Crippen LogP contribution in [-0.2, 0) is 24.2 Å². The number of amides is 1. The van der Waals surface area contributed by atoms with E-state index in [1.807, 2.05) is 0 Å². The van der Waals surface area contributed by atoms with E-state index < -0.39 is 19.1 Å². The lowest BCUT2D eigenvalue weighted by Crippen LogP contribution is -2.35. The highest BCUT2D eigenvalue weighted by Crippen LogP contribution is 2.23. The van der Waals surface area contributed by atoms with Crippen LogP contribution in [-0.4, -0.2) is 59.9 Å². The SMILES string of the molecule is CN1C[C@@H](OCC(F)F)Cn2nc3c(c2C1=O)CNCC3. The van der Waals surface area contributed by atoms with Crippen LogP contribution in [0, 0.1) is 0 Å². The molecule has 3 rings (SSSR count). The molecule has 1 atom stereocenters. The van der Waals surface area contributed by atoms with Gasteiger partial charge in [0.1, 0.15) is 12.3 Å². The number of alkyl halides is 2. The summed E-state index contributed by atoms with van der Waals surface area (Å²) in [6, 6.07) is 0. The number of ether oxygens (including phenoxy) is 1. The molecule has 6 nitrogen and oxygen atoms in total. The second-order valence-electron chi connectivity index (χ2n) is 5.41. The highest BCUT2D eigenvalue weighted by atomic mass is 19.3. The van der Waals surface area contributed by atoms with Crippen molar-refractivity contribution in [1.29, 1.82) is 0 Å². The number of hydrogen-bond donors (Lipinski definition) is 1. The predicted molar refractivity (Wildman–Crippen MR) is 70.3 cm³/mol. The second-order valence-corrected chi connectivity index (χ2v) is 5.41. The maximum Gasteiger partial charge on any atom is 0.272 e. The van der Waals surface area contributed by atoms with Crippen LogP contribution < -0.4 is 5.32 Å². The fourth-order valence-corrected chi connectivity index (χ4v) is 2.86. The van der Waals surface area contributed by atoms with Crippen LogP contribution in [0.4, 0.5) is 8.78 Å². The lowest BCUT2D eigenvalue weighted by Gasteiger charge is -2.21. The zero-order chi connectivity index (χ0) is 15.0. The highest BCUT2D eigenvalue weighted by molar-refractivity contribution is 5.94. The van der Waals surface area contributed by atoms with Crippen LogP contribution in [0.1, 0.15) is 21.7 Å². The van der Waals surface area contributed by atoms with E-state index in [0.29, 0.717) is 18.8 Å². The molecule has 0 spiro atoms. The first-order valence-electron chi connectivity index (χ1n) is 7.00. The van der Waals surface area contributed by atoms with E-state index in [4.69, 9.17) is 4.74 Å². The van der Waals surface area contributed by atoms with Gasteiger partial charge in [-0.15, -0.1) is 0 Å². The third-order valence-corrected chi connectivity index (χ3v) is 3.84. The van der Waals surface area contributed by atoms with Gasteiger partial charge in [0.25, 0.3) is 12.3 Å². The summed E-state index contributed by atoms with van der Waals surface area (Å²) >= 11 is 0. The van der Waals surface area contributed by atoms with Crippen molar-refractivity contribution in [3.05, 3.63) is 17.0 Å². The van der Waals surface area contributed by atoms with Gasteiger partial charge in [-0.05, 0) is 0 Å². The Morgan fingerprint density at radius 2 is 2.29 bits per heavy atom. The van der Waals surface area contributed by atoms with Crippen molar-refractivity contribution >= 4 is 5.91 Å². The van der Waals surface area contributed by atoms with E-state index in [-0.39, 0.29) is 12.5 Å². The Labute approximate surface area is 121 Å². The number of carbonyl (C=O) groups is 1. The molecule has 0 bridgehead atoms. The van der Waals surface area contributed by atoms with Gasteiger partial charge < -0.3 is 15.0 Å². The van der Waals surface area contributed by atoms with E-state index in [1.165, 1.54) is 4.90 Å². The summed E-state index contributed by atoms with van der Waals surface area (Å²) < 4.78 is 31.5. The molecule has 0 aliphatic carbocycles. The first kappa shape index (κ1) is 14.4. The molecule has 0 saturated carbocycles. The molecule has 2 aliphatic rings. The molecule has 0 radical (unpaired) electrons. The molecule has 0 fully saturated rings. The average Bonchev–Trinajstić information content (AvgIpc) is 2.76. The summed E-state index contributed by atoms with van der Waals surface area (Å²) in [5, 5.41) is 7.70. The molecule has 1 N–H and O–H groups in total. The molecule has 1 aromatic heterocycles. The normalized spacial score (nSPS) is 22.2. The standard InChI is InChI=1S/C13H18F2N4O2/c1-18-5-8(21-7-11(14)15)6-19-12(13(18)20)9-4-16-3-2-10(9)17-19/h8,11,16H,2-7H2,1H3/t8-/m1/s1. The summed E-state index contributed by atoms with van der Waals surface area (Å²) in [7, 11) is 1.66. The molecule has 1 amide bonds. The van der Waals surface area contributed by atoms with Gasteiger partial charge in [0.05, 0.1) is 18.3 Å². The van der Waals surface area contributed by atoms with Gasteiger partial charge in [-0.1, -0.05) is 0 Å². The van der Waals surface area contributed by atoms with Crippen LogP contribution in [0.3, 0.4) is 0 Å². The first-order valence-corrected chi connectivity index (χ1v) is 7.00. The number of carbonyl (C=O) groups excluding carboxylic acids is 1. The number of hydrogen-bond acceptors (Lipinski definition) is 4. The van der Waals surface area contributed by atoms with Crippen molar-refractivity contribution in [3.63, 3.8) is 0 Å². The lowest BCUT2D eigenvalue weighted by atomic mass is 10.1. The highest BCUT2D eigenvalue weighted by Gasteiger charge is 2.32. The quantitative estimate of drug-likeness (QED) is 0.870. The summed E-state index contributed by atoms with van der Waals surface area (Å²) in [4.78, 5) is 14.0. The summed E-state index contributed by atoms with van der Waals surface area (Å²) in [5.41, 5.74) is 2.40. The number of halogens is 2. The number of likely N-dealkylation sites (N-methyl/N-ethyl adjacent to an activating group) is 1. The Hall–Kier alpha value is -1.54. The first-order chi connectivity index (χ1) is 10.1. The van der Waals surface area contributed by atoms with Crippen LogP contribution in [0.2, 0.25) is 0 Å². The average molecular weight is 300 g/mol. The molecule has 0 aromatic carbocycles. The molecule has 21 heavy (non-hydrogen) atoms. The Morgan fingerprint density at radius 1 is 1.48 bits per heavy atom. The maximum absolute atomic E-state index is 12.5. The number of aromatic nitrogens is 2. The molecule has 2 aliphatic heterocycles. The smallest absolute Gasteiger partial charge is 0.272 e.